The molecule has 3 heterocycles. The SMILES string of the molecule is COc1cccc(Cc2cccc(C3CCN(C(=O)c4scnc4C)CC3)n2)c1. The molecule has 1 fully saturated rings. The van der Waals surface area contributed by atoms with E-state index in [0.717, 1.165) is 60.1 Å². The zero-order valence-electron chi connectivity index (χ0n) is 16.8. The van der Waals surface area contributed by atoms with Gasteiger partial charge in [0.05, 0.1) is 18.3 Å². The smallest absolute Gasteiger partial charge is 0.265 e. The predicted molar refractivity (Wildman–Crippen MR) is 115 cm³/mol. The highest BCUT2D eigenvalue weighted by atomic mass is 32.1. The summed E-state index contributed by atoms with van der Waals surface area (Å²) in [6.45, 7) is 3.43. The third kappa shape index (κ3) is 4.48. The Labute approximate surface area is 175 Å². The van der Waals surface area contributed by atoms with Crippen molar-refractivity contribution in [2.75, 3.05) is 20.2 Å². The Kier molecular flexibility index (Phi) is 5.90. The van der Waals surface area contributed by atoms with E-state index in [1.165, 1.54) is 16.9 Å². The number of nitrogens with zero attached hydrogens (tertiary/aromatic N) is 3. The monoisotopic (exact) mass is 407 g/mol. The maximum atomic E-state index is 12.7. The standard InChI is InChI=1S/C23H25N3O2S/c1-16-22(29-15-24-16)23(27)26-11-9-18(10-12-26)21-8-4-6-19(25-21)13-17-5-3-7-20(14-17)28-2/h3-8,14-15,18H,9-13H2,1-2H3. The number of carbonyl (C=O) groups excluding carboxylic acids is 1. The van der Waals surface area contributed by atoms with Crippen molar-refractivity contribution in [2.24, 2.45) is 0 Å². The van der Waals surface area contributed by atoms with Crippen LogP contribution >= 0.6 is 11.3 Å². The molecule has 0 unspecified atom stereocenters. The van der Waals surface area contributed by atoms with Gasteiger partial charge >= 0.3 is 0 Å². The zero-order valence-corrected chi connectivity index (χ0v) is 17.6. The lowest BCUT2D eigenvalue weighted by molar-refractivity contribution is 0.0716. The number of hydrogen-bond acceptors (Lipinski definition) is 5. The van der Waals surface area contributed by atoms with Crippen LogP contribution in [0.5, 0.6) is 5.75 Å². The fourth-order valence-electron chi connectivity index (χ4n) is 3.84. The minimum absolute atomic E-state index is 0.114. The molecule has 1 amide bonds. The Morgan fingerprint density at radius 3 is 2.72 bits per heavy atom. The number of piperidine rings is 1. The fourth-order valence-corrected chi connectivity index (χ4v) is 4.61. The molecule has 3 aromatic rings. The average molecular weight is 408 g/mol. The molecular formula is C23H25N3O2S. The number of methoxy groups -OCH3 is 1. The second kappa shape index (κ2) is 8.74. The molecule has 4 rings (SSSR count). The van der Waals surface area contributed by atoms with Crippen molar-refractivity contribution in [1.29, 1.82) is 0 Å². The second-order valence-corrected chi connectivity index (χ2v) is 8.27. The lowest BCUT2D eigenvalue weighted by Crippen LogP contribution is -2.38. The van der Waals surface area contributed by atoms with Crippen LogP contribution in [0.1, 0.15) is 51.1 Å². The first kappa shape index (κ1) is 19.6. The van der Waals surface area contributed by atoms with Gasteiger partial charge in [0.25, 0.3) is 5.91 Å². The molecular weight excluding hydrogens is 382 g/mol. The van der Waals surface area contributed by atoms with Gasteiger partial charge in [0.2, 0.25) is 0 Å². The third-order valence-corrected chi connectivity index (χ3v) is 6.40. The Hall–Kier alpha value is -2.73. The Balaban J connectivity index is 1.40. The van der Waals surface area contributed by atoms with Crippen molar-refractivity contribution in [3.63, 3.8) is 0 Å². The van der Waals surface area contributed by atoms with E-state index in [0.29, 0.717) is 5.92 Å². The number of carbonyl (C=O) groups is 1. The second-order valence-electron chi connectivity index (χ2n) is 7.42. The first-order chi connectivity index (χ1) is 14.1. The number of thiazole rings is 1. The van der Waals surface area contributed by atoms with Crippen LogP contribution in [0.4, 0.5) is 0 Å². The van der Waals surface area contributed by atoms with Gasteiger partial charge in [-0.25, -0.2) is 4.98 Å². The number of hydrogen-bond donors (Lipinski definition) is 0. The predicted octanol–water partition coefficient (Wildman–Crippen LogP) is 4.47. The van der Waals surface area contributed by atoms with Crippen molar-refractivity contribution in [1.82, 2.24) is 14.9 Å². The van der Waals surface area contributed by atoms with E-state index < -0.39 is 0 Å². The lowest BCUT2D eigenvalue weighted by atomic mass is 9.92. The van der Waals surface area contributed by atoms with Crippen LogP contribution in [0.25, 0.3) is 0 Å². The van der Waals surface area contributed by atoms with Crippen molar-refractivity contribution in [3.05, 3.63) is 75.5 Å². The summed E-state index contributed by atoms with van der Waals surface area (Å²) in [5.74, 6) is 1.38. The van der Waals surface area contributed by atoms with Gasteiger partial charge in [-0.05, 0) is 49.6 Å². The maximum absolute atomic E-state index is 12.7. The van der Waals surface area contributed by atoms with Gasteiger partial charge in [0.1, 0.15) is 10.6 Å². The molecule has 0 bridgehead atoms. The summed E-state index contributed by atoms with van der Waals surface area (Å²) < 4.78 is 5.32. The van der Waals surface area contributed by atoms with E-state index in [4.69, 9.17) is 9.72 Å². The number of likely N-dealkylation sites (tertiary alicyclic amines) is 1. The van der Waals surface area contributed by atoms with E-state index in [2.05, 4.69) is 35.3 Å². The van der Waals surface area contributed by atoms with Crippen LogP contribution in [-0.2, 0) is 6.42 Å². The van der Waals surface area contributed by atoms with E-state index in [1.54, 1.807) is 12.6 Å². The van der Waals surface area contributed by atoms with Crippen LogP contribution < -0.4 is 4.74 Å². The quantitative estimate of drug-likeness (QED) is 0.626. The first-order valence-corrected chi connectivity index (χ1v) is 10.8. The number of benzene rings is 1. The number of amides is 1. The molecule has 1 aromatic carbocycles. The molecule has 2 aromatic heterocycles. The van der Waals surface area contributed by atoms with Crippen molar-refractivity contribution in [3.8, 4) is 5.75 Å². The van der Waals surface area contributed by atoms with Crippen molar-refractivity contribution in [2.45, 2.75) is 32.1 Å². The van der Waals surface area contributed by atoms with Crippen LogP contribution in [0.3, 0.4) is 0 Å². The van der Waals surface area contributed by atoms with E-state index in [9.17, 15) is 4.79 Å². The number of pyridine rings is 1. The molecule has 0 spiro atoms. The molecule has 0 atom stereocenters. The summed E-state index contributed by atoms with van der Waals surface area (Å²) in [6.07, 6.45) is 2.67. The summed E-state index contributed by atoms with van der Waals surface area (Å²) >= 11 is 1.43. The van der Waals surface area contributed by atoms with Crippen LogP contribution in [0.2, 0.25) is 0 Å². The minimum atomic E-state index is 0.114. The summed E-state index contributed by atoms with van der Waals surface area (Å²) in [4.78, 5) is 24.6. The van der Waals surface area contributed by atoms with E-state index >= 15 is 0 Å². The summed E-state index contributed by atoms with van der Waals surface area (Å²) in [7, 11) is 1.69. The fraction of sp³-hybridized carbons (Fsp3) is 0.348. The molecule has 0 saturated carbocycles. The molecule has 6 heteroatoms. The molecule has 0 radical (unpaired) electrons. The number of aromatic nitrogens is 2. The Bertz CT molecular complexity index is 993. The number of aryl methyl sites for hydroxylation is 1. The zero-order chi connectivity index (χ0) is 20.2. The van der Waals surface area contributed by atoms with Crippen LogP contribution in [-0.4, -0.2) is 41.0 Å². The highest BCUT2D eigenvalue weighted by Crippen LogP contribution is 2.29. The number of rotatable bonds is 5. The van der Waals surface area contributed by atoms with Gasteiger partial charge in [-0.15, -0.1) is 11.3 Å². The first-order valence-electron chi connectivity index (χ1n) is 9.92. The van der Waals surface area contributed by atoms with Gasteiger partial charge in [0, 0.05) is 36.8 Å². The molecule has 1 aliphatic heterocycles. The van der Waals surface area contributed by atoms with Crippen LogP contribution in [0, 0.1) is 6.92 Å². The summed E-state index contributed by atoms with van der Waals surface area (Å²) in [5.41, 5.74) is 5.96. The molecule has 5 nitrogen and oxygen atoms in total. The highest BCUT2D eigenvalue weighted by molar-refractivity contribution is 7.11. The minimum Gasteiger partial charge on any atom is -0.497 e. The average Bonchev–Trinajstić information content (AvgIpc) is 3.19. The normalized spacial score (nSPS) is 14.8. The van der Waals surface area contributed by atoms with Gasteiger partial charge in [-0.3, -0.25) is 9.78 Å². The van der Waals surface area contributed by atoms with Gasteiger partial charge in [-0.2, -0.15) is 0 Å². The summed E-state index contributed by atoms with van der Waals surface area (Å²) in [6, 6.07) is 14.4. The van der Waals surface area contributed by atoms with Gasteiger partial charge in [0.15, 0.2) is 0 Å². The molecule has 0 N–H and O–H groups in total. The molecule has 0 aliphatic carbocycles. The maximum Gasteiger partial charge on any atom is 0.265 e. The molecule has 150 valence electrons. The van der Waals surface area contributed by atoms with Crippen molar-refractivity contribution >= 4 is 17.2 Å². The molecule has 1 aliphatic rings. The lowest BCUT2D eigenvalue weighted by Gasteiger charge is -2.31. The van der Waals surface area contributed by atoms with E-state index in [-0.39, 0.29) is 5.91 Å². The Morgan fingerprint density at radius 1 is 1.21 bits per heavy atom. The molecule has 1 saturated heterocycles. The topological polar surface area (TPSA) is 55.3 Å². The summed E-state index contributed by atoms with van der Waals surface area (Å²) in [5, 5.41) is 0. The largest absolute Gasteiger partial charge is 0.497 e. The van der Waals surface area contributed by atoms with Crippen LogP contribution in [0.15, 0.2) is 48.0 Å². The molecule has 29 heavy (non-hydrogen) atoms. The van der Waals surface area contributed by atoms with Gasteiger partial charge in [-0.1, -0.05) is 18.2 Å². The third-order valence-electron chi connectivity index (χ3n) is 5.49. The van der Waals surface area contributed by atoms with Gasteiger partial charge < -0.3 is 9.64 Å². The Morgan fingerprint density at radius 2 is 2.00 bits per heavy atom. The van der Waals surface area contributed by atoms with E-state index in [1.807, 2.05) is 24.0 Å². The highest BCUT2D eigenvalue weighted by Gasteiger charge is 2.27. The number of ether oxygens (including phenoxy) is 1. The van der Waals surface area contributed by atoms with Crippen molar-refractivity contribution < 1.29 is 9.53 Å².